The van der Waals surface area contributed by atoms with Crippen molar-refractivity contribution in [3.63, 3.8) is 0 Å². The van der Waals surface area contributed by atoms with Gasteiger partial charge in [0, 0.05) is 28.2 Å². The Hall–Kier alpha value is -3.01. The minimum Gasteiger partial charge on any atom is -0.488 e. The topological polar surface area (TPSA) is 62.3 Å². The van der Waals surface area contributed by atoms with Crippen molar-refractivity contribution in [2.75, 3.05) is 0 Å². The predicted octanol–water partition coefficient (Wildman–Crippen LogP) is 5.11. The molecular weight excluding hydrogens is 314 g/mol. The first kappa shape index (κ1) is 16.8. The van der Waals surface area contributed by atoms with Crippen molar-refractivity contribution >= 4 is 22.9 Å². The molecule has 0 amide bonds. The highest BCUT2D eigenvalue weighted by molar-refractivity contribution is 5.90. The molecule has 0 aliphatic heterocycles. The quantitative estimate of drug-likeness (QED) is 0.651. The molecule has 3 aromatic rings. The number of carboxylic acid groups (broad SMARTS) is 1. The highest BCUT2D eigenvalue weighted by Crippen LogP contribution is 2.29. The molecule has 0 fully saturated rings. The van der Waals surface area contributed by atoms with Crippen LogP contribution in [0.15, 0.2) is 54.6 Å². The second kappa shape index (κ2) is 6.48. The number of carbonyl (C=O) groups is 1. The fraction of sp³-hybridized carbons (Fsp3) is 0.190. The zero-order valence-corrected chi connectivity index (χ0v) is 14.5. The zero-order chi connectivity index (χ0) is 18.0. The molecular formula is C21H21NO3. The van der Waals surface area contributed by atoms with E-state index in [0.717, 1.165) is 39.5 Å². The Labute approximate surface area is 146 Å². The first-order valence-electron chi connectivity index (χ1n) is 8.13. The van der Waals surface area contributed by atoms with E-state index in [-0.39, 0.29) is 5.60 Å². The summed E-state index contributed by atoms with van der Waals surface area (Å²) in [6, 6.07) is 15.8. The van der Waals surface area contributed by atoms with E-state index >= 15 is 0 Å². The number of carboxylic acids is 1. The number of benzene rings is 2. The van der Waals surface area contributed by atoms with Crippen LogP contribution in [0.25, 0.3) is 28.2 Å². The number of rotatable bonds is 4. The number of ether oxygens (including phenoxy) is 1. The van der Waals surface area contributed by atoms with Gasteiger partial charge in [0.15, 0.2) is 0 Å². The van der Waals surface area contributed by atoms with Crippen molar-refractivity contribution in [1.29, 1.82) is 0 Å². The van der Waals surface area contributed by atoms with Gasteiger partial charge in [-0.3, -0.25) is 0 Å². The fourth-order valence-electron chi connectivity index (χ4n) is 2.66. The average molecular weight is 335 g/mol. The van der Waals surface area contributed by atoms with Crippen LogP contribution < -0.4 is 4.74 Å². The number of fused-ring (bicyclic) bond motifs is 1. The maximum Gasteiger partial charge on any atom is 0.328 e. The maximum atomic E-state index is 10.7. The van der Waals surface area contributed by atoms with Crippen LogP contribution in [0.2, 0.25) is 0 Å². The first-order valence-corrected chi connectivity index (χ1v) is 8.13. The van der Waals surface area contributed by atoms with Crippen molar-refractivity contribution in [1.82, 2.24) is 4.98 Å². The first-order chi connectivity index (χ1) is 11.8. The van der Waals surface area contributed by atoms with Gasteiger partial charge in [-0.25, -0.2) is 4.79 Å². The molecule has 3 rings (SSSR count). The lowest BCUT2D eigenvalue weighted by Gasteiger charge is -2.21. The molecule has 0 radical (unpaired) electrons. The molecule has 4 nitrogen and oxygen atoms in total. The lowest BCUT2D eigenvalue weighted by atomic mass is 10.1. The zero-order valence-electron chi connectivity index (χ0n) is 14.5. The molecule has 25 heavy (non-hydrogen) atoms. The maximum absolute atomic E-state index is 10.7. The summed E-state index contributed by atoms with van der Waals surface area (Å²) in [6.07, 6.45) is 2.73. The van der Waals surface area contributed by atoms with Gasteiger partial charge in [0.1, 0.15) is 11.4 Å². The normalized spacial score (nSPS) is 12.0. The van der Waals surface area contributed by atoms with Crippen LogP contribution in [0.5, 0.6) is 5.75 Å². The molecule has 0 saturated carbocycles. The molecule has 0 aliphatic rings. The lowest BCUT2D eigenvalue weighted by Crippen LogP contribution is -2.22. The van der Waals surface area contributed by atoms with Crippen LogP contribution in [-0.4, -0.2) is 21.7 Å². The monoisotopic (exact) mass is 335 g/mol. The second-order valence-electron chi connectivity index (χ2n) is 6.94. The molecule has 1 heterocycles. The summed E-state index contributed by atoms with van der Waals surface area (Å²) in [7, 11) is 0. The third-order valence-electron chi connectivity index (χ3n) is 3.63. The van der Waals surface area contributed by atoms with E-state index in [9.17, 15) is 4.79 Å². The fourth-order valence-corrected chi connectivity index (χ4v) is 2.66. The Morgan fingerprint density at radius 3 is 2.64 bits per heavy atom. The van der Waals surface area contributed by atoms with Gasteiger partial charge in [-0.1, -0.05) is 18.2 Å². The third kappa shape index (κ3) is 4.29. The number of hydrogen-bond acceptors (Lipinski definition) is 2. The summed E-state index contributed by atoms with van der Waals surface area (Å²) in [5.74, 6) is -0.126. The van der Waals surface area contributed by atoms with Crippen LogP contribution in [-0.2, 0) is 4.79 Å². The summed E-state index contributed by atoms with van der Waals surface area (Å²) in [6.45, 7) is 6.07. The van der Waals surface area contributed by atoms with Gasteiger partial charge in [-0.05, 0) is 62.7 Å². The largest absolute Gasteiger partial charge is 0.488 e. The highest BCUT2D eigenvalue weighted by atomic mass is 16.5. The van der Waals surface area contributed by atoms with Crippen LogP contribution in [0.1, 0.15) is 26.3 Å². The van der Waals surface area contributed by atoms with Crippen LogP contribution in [0.3, 0.4) is 0 Å². The number of hydrogen-bond donors (Lipinski definition) is 2. The van der Waals surface area contributed by atoms with Gasteiger partial charge in [0.25, 0.3) is 0 Å². The van der Waals surface area contributed by atoms with Crippen molar-refractivity contribution in [2.24, 2.45) is 0 Å². The van der Waals surface area contributed by atoms with E-state index in [2.05, 4.69) is 11.1 Å². The van der Waals surface area contributed by atoms with E-state index in [1.165, 1.54) is 0 Å². The number of H-pyrrole nitrogens is 1. The van der Waals surface area contributed by atoms with E-state index < -0.39 is 5.97 Å². The van der Waals surface area contributed by atoms with E-state index in [1.807, 2.05) is 63.2 Å². The summed E-state index contributed by atoms with van der Waals surface area (Å²) < 4.78 is 5.93. The van der Waals surface area contributed by atoms with Crippen molar-refractivity contribution in [2.45, 2.75) is 26.4 Å². The smallest absolute Gasteiger partial charge is 0.328 e. The summed E-state index contributed by atoms with van der Waals surface area (Å²) >= 11 is 0. The Bertz CT molecular complexity index is 945. The van der Waals surface area contributed by atoms with Crippen LogP contribution in [0, 0.1) is 0 Å². The molecule has 0 atom stereocenters. The van der Waals surface area contributed by atoms with Gasteiger partial charge in [0.2, 0.25) is 0 Å². The molecule has 0 spiro atoms. The number of nitrogens with one attached hydrogen (secondary N) is 1. The van der Waals surface area contributed by atoms with Crippen molar-refractivity contribution in [3.8, 4) is 17.0 Å². The second-order valence-corrected chi connectivity index (χ2v) is 6.94. The predicted molar refractivity (Wildman–Crippen MR) is 101 cm³/mol. The average Bonchev–Trinajstić information content (AvgIpc) is 2.94. The summed E-state index contributed by atoms with van der Waals surface area (Å²) in [5.41, 5.74) is 3.65. The molecule has 2 N–H and O–H groups in total. The molecule has 2 aromatic carbocycles. The molecule has 1 aromatic heterocycles. The standard InChI is InChI=1S/C21H21NO3/c1-21(2,3)25-17-6-4-5-15(12-17)19-13-16-11-14(8-10-20(23)24)7-9-18(16)22-19/h4-13,22H,1-3H3,(H,23,24)/b10-8+. The van der Waals surface area contributed by atoms with E-state index in [0.29, 0.717) is 0 Å². The van der Waals surface area contributed by atoms with Crippen LogP contribution in [0.4, 0.5) is 0 Å². The van der Waals surface area contributed by atoms with Gasteiger partial charge >= 0.3 is 5.97 Å². The van der Waals surface area contributed by atoms with Gasteiger partial charge in [-0.2, -0.15) is 0 Å². The van der Waals surface area contributed by atoms with E-state index in [1.54, 1.807) is 6.08 Å². The van der Waals surface area contributed by atoms with E-state index in [4.69, 9.17) is 9.84 Å². The highest BCUT2D eigenvalue weighted by Gasteiger charge is 2.12. The third-order valence-corrected chi connectivity index (χ3v) is 3.63. The van der Waals surface area contributed by atoms with Crippen molar-refractivity contribution in [3.05, 3.63) is 60.2 Å². The Kier molecular flexibility index (Phi) is 4.36. The molecule has 128 valence electrons. The molecule has 0 aliphatic carbocycles. The number of aliphatic carboxylic acids is 1. The SMILES string of the molecule is CC(C)(C)Oc1cccc(-c2cc3cc(/C=C/C(=O)O)ccc3[nH]2)c1. The van der Waals surface area contributed by atoms with Gasteiger partial charge < -0.3 is 14.8 Å². The van der Waals surface area contributed by atoms with Gasteiger partial charge in [-0.15, -0.1) is 0 Å². The molecule has 0 saturated heterocycles. The van der Waals surface area contributed by atoms with Crippen LogP contribution >= 0.6 is 0 Å². The Morgan fingerprint density at radius 2 is 1.92 bits per heavy atom. The Balaban J connectivity index is 1.94. The Morgan fingerprint density at radius 1 is 1.12 bits per heavy atom. The molecule has 0 bridgehead atoms. The minimum atomic E-state index is -0.953. The summed E-state index contributed by atoms with van der Waals surface area (Å²) in [4.78, 5) is 14.0. The minimum absolute atomic E-state index is 0.246. The summed E-state index contributed by atoms with van der Waals surface area (Å²) in [5, 5.41) is 9.77. The number of aromatic nitrogens is 1. The molecule has 0 unspecified atom stereocenters. The molecule has 4 heteroatoms. The van der Waals surface area contributed by atoms with Gasteiger partial charge in [0.05, 0.1) is 0 Å². The lowest BCUT2D eigenvalue weighted by molar-refractivity contribution is -0.131. The number of aromatic amines is 1. The van der Waals surface area contributed by atoms with Crippen molar-refractivity contribution < 1.29 is 14.6 Å².